The number of rotatable bonds is 6. The van der Waals surface area contributed by atoms with Crippen molar-refractivity contribution in [2.75, 3.05) is 15.4 Å². The minimum absolute atomic E-state index is 0.165. The third-order valence-electron chi connectivity index (χ3n) is 4.51. The molecule has 2 amide bonds. The van der Waals surface area contributed by atoms with Gasteiger partial charge >= 0.3 is 0 Å². The Bertz CT molecular complexity index is 1240. The number of hydrogen-bond acceptors (Lipinski definition) is 4. The van der Waals surface area contributed by atoms with Gasteiger partial charge in [-0.15, -0.1) is 0 Å². The minimum Gasteiger partial charge on any atom is -0.326 e. The van der Waals surface area contributed by atoms with Crippen LogP contribution >= 0.6 is 0 Å². The maximum absolute atomic E-state index is 12.6. The van der Waals surface area contributed by atoms with Crippen LogP contribution in [0.1, 0.15) is 28.4 Å². The maximum atomic E-state index is 12.6. The van der Waals surface area contributed by atoms with Crippen molar-refractivity contribution in [2.45, 2.75) is 25.7 Å². The van der Waals surface area contributed by atoms with Crippen LogP contribution in [0.25, 0.3) is 0 Å². The van der Waals surface area contributed by atoms with Crippen LogP contribution in [0.2, 0.25) is 0 Å². The van der Waals surface area contributed by atoms with Crippen LogP contribution in [-0.4, -0.2) is 20.2 Å². The molecule has 0 atom stereocenters. The highest BCUT2D eigenvalue weighted by Gasteiger charge is 2.16. The van der Waals surface area contributed by atoms with Crippen molar-refractivity contribution in [1.82, 2.24) is 0 Å². The Morgan fingerprint density at radius 3 is 2.06 bits per heavy atom. The number of hydrogen-bond donors (Lipinski definition) is 3. The molecule has 0 fully saturated rings. The second-order valence-electron chi connectivity index (χ2n) is 7.16. The fourth-order valence-corrected chi connectivity index (χ4v) is 4.05. The summed E-state index contributed by atoms with van der Waals surface area (Å²) in [5.41, 5.74) is 3.44. The second kappa shape index (κ2) is 9.01. The Morgan fingerprint density at radius 2 is 1.45 bits per heavy atom. The van der Waals surface area contributed by atoms with Crippen LogP contribution in [0.15, 0.2) is 71.6 Å². The molecule has 0 aliphatic carbocycles. The maximum Gasteiger partial charge on any atom is 0.261 e. The van der Waals surface area contributed by atoms with Crippen LogP contribution in [0.3, 0.4) is 0 Å². The zero-order valence-electron chi connectivity index (χ0n) is 17.4. The van der Waals surface area contributed by atoms with Gasteiger partial charge in [0.1, 0.15) is 0 Å². The summed E-state index contributed by atoms with van der Waals surface area (Å²) in [6.45, 7) is 5.01. The van der Waals surface area contributed by atoms with E-state index in [1.165, 1.54) is 6.92 Å². The van der Waals surface area contributed by atoms with E-state index in [9.17, 15) is 18.0 Å². The number of amides is 2. The average Bonchev–Trinajstić information content (AvgIpc) is 2.69. The third-order valence-corrected chi connectivity index (χ3v) is 5.89. The Hall–Kier alpha value is -3.65. The largest absolute Gasteiger partial charge is 0.326 e. The monoisotopic (exact) mass is 437 g/mol. The van der Waals surface area contributed by atoms with E-state index in [4.69, 9.17) is 0 Å². The lowest BCUT2D eigenvalue weighted by Gasteiger charge is -2.13. The lowest BCUT2D eigenvalue weighted by molar-refractivity contribution is -0.114. The summed E-state index contributed by atoms with van der Waals surface area (Å²) in [5.74, 6) is -0.557. The molecule has 0 unspecified atom stereocenters. The van der Waals surface area contributed by atoms with Gasteiger partial charge < -0.3 is 10.6 Å². The Morgan fingerprint density at radius 1 is 0.806 bits per heavy atom. The molecule has 3 aromatic carbocycles. The summed E-state index contributed by atoms with van der Waals surface area (Å²) in [6, 6.07) is 18.1. The molecule has 0 aliphatic rings. The zero-order valence-corrected chi connectivity index (χ0v) is 18.2. The predicted molar refractivity (Wildman–Crippen MR) is 122 cm³/mol. The van der Waals surface area contributed by atoms with Crippen molar-refractivity contribution in [3.05, 3.63) is 83.4 Å². The molecule has 7 nitrogen and oxygen atoms in total. The van der Waals surface area contributed by atoms with E-state index >= 15 is 0 Å². The normalized spacial score (nSPS) is 10.9. The van der Waals surface area contributed by atoms with Gasteiger partial charge in [-0.1, -0.05) is 23.8 Å². The SMILES string of the molecule is CC(=O)Nc1cccc(NC(=O)c2ccc(NS(=O)(=O)c3ccc(C)cc3)c(C)c2)c1. The van der Waals surface area contributed by atoms with Gasteiger partial charge in [-0.05, 0) is 67.9 Å². The standard InChI is InChI=1S/C23H23N3O4S/c1-15-7-10-21(11-8-15)31(29,30)26-22-12-9-18(13-16(22)2)23(28)25-20-6-4-5-19(14-20)24-17(3)27/h4-14,26H,1-3H3,(H,24,27)(H,25,28). The molecule has 8 heteroatoms. The van der Waals surface area contributed by atoms with Gasteiger partial charge in [-0.2, -0.15) is 0 Å². The van der Waals surface area contributed by atoms with Crippen LogP contribution in [0.5, 0.6) is 0 Å². The van der Waals surface area contributed by atoms with Gasteiger partial charge in [0.05, 0.1) is 10.6 Å². The average molecular weight is 438 g/mol. The van der Waals surface area contributed by atoms with E-state index in [-0.39, 0.29) is 16.7 Å². The molecule has 3 N–H and O–H groups in total. The third kappa shape index (κ3) is 5.70. The van der Waals surface area contributed by atoms with Crippen molar-refractivity contribution >= 4 is 38.9 Å². The van der Waals surface area contributed by atoms with Crippen molar-refractivity contribution in [3.8, 4) is 0 Å². The van der Waals surface area contributed by atoms with E-state index in [0.717, 1.165) is 5.56 Å². The highest BCUT2D eigenvalue weighted by atomic mass is 32.2. The Labute approximate surface area is 181 Å². The van der Waals surface area contributed by atoms with Gasteiger partial charge in [-0.3, -0.25) is 14.3 Å². The first-order valence-electron chi connectivity index (χ1n) is 9.53. The lowest BCUT2D eigenvalue weighted by atomic mass is 10.1. The second-order valence-corrected chi connectivity index (χ2v) is 8.85. The molecule has 31 heavy (non-hydrogen) atoms. The van der Waals surface area contributed by atoms with Gasteiger partial charge in [0.15, 0.2) is 0 Å². The summed E-state index contributed by atoms with van der Waals surface area (Å²) in [4.78, 5) is 24.0. The van der Waals surface area contributed by atoms with Gasteiger partial charge in [0.2, 0.25) is 5.91 Å². The molecular formula is C23H23N3O4S. The van der Waals surface area contributed by atoms with Crippen LogP contribution in [0, 0.1) is 13.8 Å². The van der Waals surface area contributed by atoms with Crippen molar-refractivity contribution in [3.63, 3.8) is 0 Å². The van der Waals surface area contributed by atoms with Gasteiger partial charge in [0, 0.05) is 23.9 Å². The Kier molecular flexibility index (Phi) is 6.41. The minimum atomic E-state index is -3.73. The molecule has 0 spiro atoms. The van der Waals surface area contributed by atoms with E-state index < -0.39 is 10.0 Å². The highest BCUT2D eigenvalue weighted by molar-refractivity contribution is 7.92. The number of carbonyl (C=O) groups is 2. The molecule has 160 valence electrons. The topological polar surface area (TPSA) is 104 Å². The Balaban J connectivity index is 1.75. The quantitative estimate of drug-likeness (QED) is 0.534. The van der Waals surface area contributed by atoms with Crippen LogP contribution in [0.4, 0.5) is 17.1 Å². The van der Waals surface area contributed by atoms with Gasteiger partial charge in [-0.25, -0.2) is 8.42 Å². The molecule has 3 aromatic rings. The summed E-state index contributed by atoms with van der Waals surface area (Å²) < 4.78 is 27.8. The first-order chi connectivity index (χ1) is 14.6. The van der Waals surface area contributed by atoms with E-state index in [2.05, 4.69) is 15.4 Å². The summed E-state index contributed by atoms with van der Waals surface area (Å²) in [7, 11) is -3.73. The number of benzene rings is 3. The molecule has 0 aliphatic heterocycles. The van der Waals surface area contributed by atoms with E-state index in [1.807, 2.05) is 6.92 Å². The molecule has 3 rings (SSSR count). The molecular weight excluding hydrogens is 414 g/mol. The smallest absolute Gasteiger partial charge is 0.261 e. The van der Waals surface area contributed by atoms with Crippen molar-refractivity contribution in [1.29, 1.82) is 0 Å². The molecule has 0 heterocycles. The predicted octanol–water partition coefficient (Wildman–Crippen LogP) is 4.31. The molecule has 0 aromatic heterocycles. The first-order valence-corrected chi connectivity index (χ1v) is 11.0. The number of sulfonamides is 1. The first kappa shape index (κ1) is 22.0. The zero-order chi connectivity index (χ0) is 22.6. The summed E-state index contributed by atoms with van der Waals surface area (Å²) >= 11 is 0. The number of aryl methyl sites for hydroxylation is 2. The van der Waals surface area contributed by atoms with Gasteiger partial charge in [0.25, 0.3) is 15.9 Å². The molecule has 0 radical (unpaired) electrons. The van der Waals surface area contributed by atoms with Crippen LogP contribution < -0.4 is 15.4 Å². The molecule has 0 saturated carbocycles. The lowest BCUT2D eigenvalue weighted by Crippen LogP contribution is -2.15. The van der Waals surface area contributed by atoms with Crippen molar-refractivity contribution in [2.24, 2.45) is 0 Å². The number of anilines is 3. The number of carbonyl (C=O) groups excluding carboxylic acids is 2. The fourth-order valence-electron chi connectivity index (χ4n) is 2.92. The van der Waals surface area contributed by atoms with E-state index in [1.54, 1.807) is 73.7 Å². The van der Waals surface area contributed by atoms with Crippen LogP contribution in [-0.2, 0) is 14.8 Å². The highest BCUT2D eigenvalue weighted by Crippen LogP contribution is 2.22. The number of nitrogens with one attached hydrogen (secondary N) is 3. The van der Waals surface area contributed by atoms with Crippen molar-refractivity contribution < 1.29 is 18.0 Å². The van der Waals surface area contributed by atoms with E-state index in [0.29, 0.717) is 28.2 Å². The fraction of sp³-hybridized carbons (Fsp3) is 0.130. The summed E-state index contributed by atoms with van der Waals surface area (Å²) in [5, 5.41) is 5.43. The summed E-state index contributed by atoms with van der Waals surface area (Å²) in [6.07, 6.45) is 0. The molecule has 0 saturated heterocycles. The molecule has 0 bridgehead atoms.